The van der Waals surface area contributed by atoms with Crippen LogP contribution in [0, 0.1) is 0 Å². The molecule has 104 valence electrons. The summed E-state index contributed by atoms with van der Waals surface area (Å²) in [7, 11) is 0. The van der Waals surface area contributed by atoms with Crippen LogP contribution in [0.1, 0.15) is 59.3 Å². The van der Waals surface area contributed by atoms with Crippen molar-refractivity contribution in [3.8, 4) is 0 Å². The van der Waals surface area contributed by atoms with E-state index < -0.39 is 5.43 Å². The Bertz CT molecular complexity index is 138. The Morgan fingerprint density at radius 1 is 0.706 bits per heavy atom. The lowest BCUT2D eigenvalue weighted by atomic mass is 10.4. The van der Waals surface area contributed by atoms with Gasteiger partial charge in [-0.3, -0.25) is 0 Å². The van der Waals surface area contributed by atoms with Crippen molar-refractivity contribution in [2.45, 2.75) is 64.7 Å². The second-order valence-electron chi connectivity index (χ2n) is 4.09. The van der Waals surface area contributed by atoms with Gasteiger partial charge in [0, 0.05) is 0 Å². The summed E-state index contributed by atoms with van der Waals surface area (Å²) in [5.41, 5.74) is -1.38. The third-order valence-electron chi connectivity index (χ3n) is 2.32. The molecule has 0 rings (SSSR count). The lowest BCUT2D eigenvalue weighted by molar-refractivity contribution is -0.325. The molecule has 0 aromatic carbocycles. The highest BCUT2D eigenvalue weighted by atomic mass is 35.5. The molecular weight excluding hydrogens is 240 g/mol. The second-order valence-corrected chi connectivity index (χ2v) is 4.55. The molecule has 17 heavy (non-hydrogen) atoms. The fourth-order valence-corrected chi connectivity index (χ4v) is 1.37. The second kappa shape index (κ2) is 11.3. The van der Waals surface area contributed by atoms with Gasteiger partial charge >= 0.3 is 5.43 Å². The maximum absolute atomic E-state index is 6.18. The van der Waals surface area contributed by atoms with E-state index in [-0.39, 0.29) is 0 Å². The molecule has 0 aliphatic carbocycles. The van der Waals surface area contributed by atoms with Gasteiger partial charge in [-0.15, -0.1) is 0 Å². The van der Waals surface area contributed by atoms with Crippen LogP contribution in [0.2, 0.25) is 0 Å². The summed E-state index contributed by atoms with van der Waals surface area (Å²) < 4.78 is 16.5. The van der Waals surface area contributed by atoms with Crippen LogP contribution >= 0.6 is 11.6 Å². The largest absolute Gasteiger partial charge is 0.370 e. The molecule has 0 heterocycles. The van der Waals surface area contributed by atoms with Gasteiger partial charge in [-0.25, -0.2) is 0 Å². The fraction of sp³-hybridized carbons (Fsp3) is 1.00. The number of ether oxygens (including phenoxy) is 3. The van der Waals surface area contributed by atoms with E-state index in [1.165, 1.54) is 0 Å². The van der Waals surface area contributed by atoms with Crippen molar-refractivity contribution >= 4 is 11.6 Å². The van der Waals surface area contributed by atoms with Crippen LogP contribution in [-0.2, 0) is 14.2 Å². The number of unbranched alkanes of at least 4 members (excludes halogenated alkanes) is 3. The maximum Gasteiger partial charge on any atom is 0.370 e. The Kier molecular flexibility index (Phi) is 11.4. The van der Waals surface area contributed by atoms with Crippen LogP contribution in [0.25, 0.3) is 0 Å². The molecule has 4 heteroatoms. The van der Waals surface area contributed by atoms with E-state index in [0.29, 0.717) is 19.8 Å². The highest BCUT2D eigenvalue weighted by molar-refractivity contribution is 6.20. The summed E-state index contributed by atoms with van der Waals surface area (Å²) in [4.78, 5) is 0. The molecule has 0 atom stereocenters. The quantitative estimate of drug-likeness (QED) is 0.300. The van der Waals surface area contributed by atoms with Gasteiger partial charge in [-0.2, -0.15) is 0 Å². The lowest BCUT2D eigenvalue weighted by Crippen LogP contribution is -2.34. The van der Waals surface area contributed by atoms with Crippen molar-refractivity contribution in [2.24, 2.45) is 0 Å². The fourth-order valence-electron chi connectivity index (χ4n) is 1.14. The van der Waals surface area contributed by atoms with Crippen molar-refractivity contribution < 1.29 is 14.2 Å². The van der Waals surface area contributed by atoms with E-state index in [4.69, 9.17) is 25.8 Å². The first-order valence-electron chi connectivity index (χ1n) is 6.79. The first-order valence-corrected chi connectivity index (χ1v) is 7.17. The van der Waals surface area contributed by atoms with Crippen LogP contribution < -0.4 is 0 Å². The van der Waals surface area contributed by atoms with E-state index in [2.05, 4.69) is 20.8 Å². The normalized spacial score (nSPS) is 12.0. The molecule has 0 aliphatic heterocycles. The molecule has 0 bridgehead atoms. The van der Waals surface area contributed by atoms with Gasteiger partial charge in [-0.1, -0.05) is 40.0 Å². The van der Waals surface area contributed by atoms with Gasteiger partial charge in [0.15, 0.2) is 0 Å². The monoisotopic (exact) mass is 266 g/mol. The number of hydrogen-bond donors (Lipinski definition) is 0. The van der Waals surface area contributed by atoms with E-state index in [1.807, 2.05) is 0 Å². The molecule has 0 spiro atoms. The van der Waals surface area contributed by atoms with Gasteiger partial charge in [0.1, 0.15) is 0 Å². The molecule has 0 N–H and O–H groups in total. The van der Waals surface area contributed by atoms with Crippen LogP contribution in [0.3, 0.4) is 0 Å². The molecule has 0 amide bonds. The topological polar surface area (TPSA) is 27.7 Å². The van der Waals surface area contributed by atoms with Gasteiger partial charge in [0.25, 0.3) is 0 Å². The van der Waals surface area contributed by atoms with Crippen molar-refractivity contribution in [3.63, 3.8) is 0 Å². The third-order valence-corrected chi connectivity index (χ3v) is 2.64. The standard InChI is InChI=1S/C13H27ClO3/c1-4-7-10-15-13(14,16-11-8-5-2)17-12-9-6-3/h4-12H2,1-3H3. The summed E-state index contributed by atoms with van der Waals surface area (Å²) in [5, 5.41) is 0. The van der Waals surface area contributed by atoms with Crippen LogP contribution in [0.15, 0.2) is 0 Å². The van der Waals surface area contributed by atoms with E-state index in [9.17, 15) is 0 Å². The van der Waals surface area contributed by atoms with Crippen LogP contribution in [-0.4, -0.2) is 25.3 Å². The molecule has 0 aliphatic rings. The maximum atomic E-state index is 6.18. The molecule has 0 aromatic rings. The zero-order valence-electron chi connectivity index (χ0n) is 11.5. The summed E-state index contributed by atoms with van der Waals surface area (Å²) in [6, 6.07) is 0. The Balaban J connectivity index is 3.95. The van der Waals surface area contributed by atoms with E-state index in [0.717, 1.165) is 38.5 Å². The average Bonchev–Trinajstić information content (AvgIpc) is 2.30. The minimum atomic E-state index is -1.38. The molecular formula is C13H27ClO3. The zero-order valence-corrected chi connectivity index (χ0v) is 12.2. The average molecular weight is 267 g/mol. The first kappa shape index (κ1) is 17.2. The molecule has 0 unspecified atom stereocenters. The summed E-state index contributed by atoms with van der Waals surface area (Å²) >= 11 is 6.18. The molecule has 0 fully saturated rings. The van der Waals surface area contributed by atoms with E-state index in [1.54, 1.807) is 0 Å². The van der Waals surface area contributed by atoms with Crippen LogP contribution in [0.5, 0.6) is 0 Å². The first-order chi connectivity index (χ1) is 8.18. The molecule has 3 nitrogen and oxygen atoms in total. The van der Waals surface area contributed by atoms with Gasteiger partial charge < -0.3 is 14.2 Å². The minimum absolute atomic E-state index is 0.568. The smallest absolute Gasteiger partial charge is 0.314 e. The number of halogens is 1. The Morgan fingerprint density at radius 2 is 1.00 bits per heavy atom. The van der Waals surface area contributed by atoms with Crippen LogP contribution in [0.4, 0.5) is 0 Å². The zero-order chi connectivity index (χ0) is 13.0. The highest BCUT2D eigenvalue weighted by Crippen LogP contribution is 2.22. The molecule has 0 radical (unpaired) electrons. The van der Waals surface area contributed by atoms with Crippen molar-refractivity contribution in [1.29, 1.82) is 0 Å². The van der Waals surface area contributed by atoms with Crippen molar-refractivity contribution in [2.75, 3.05) is 19.8 Å². The Morgan fingerprint density at radius 3 is 1.24 bits per heavy atom. The molecule has 0 saturated carbocycles. The Labute approximate surface area is 111 Å². The predicted molar refractivity (Wildman–Crippen MR) is 71.2 cm³/mol. The van der Waals surface area contributed by atoms with E-state index >= 15 is 0 Å². The van der Waals surface area contributed by atoms with Crippen molar-refractivity contribution in [3.05, 3.63) is 0 Å². The number of alkyl halides is 1. The lowest BCUT2D eigenvalue weighted by Gasteiger charge is -2.26. The highest BCUT2D eigenvalue weighted by Gasteiger charge is 2.30. The van der Waals surface area contributed by atoms with Crippen molar-refractivity contribution in [1.82, 2.24) is 0 Å². The molecule has 0 aromatic heterocycles. The SMILES string of the molecule is CCCCOC(Cl)(OCCCC)OCCCC. The summed E-state index contributed by atoms with van der Waals surface area (Å²) in [5.74, 6) is 0. The predicted octanol–water partition coefficient (Wildman–Crippen LogP) is 4.29. The minimum Gasteiger partial charge on any atom is -0.314 e. The summed E-state index contributed by atoms with van der Waals surface area (Å²) in [6.07, 6.45) is 6.08. The summed E-state index contributed by atoms with van der Waals surface area (Å²) in [6.45, 7) is 8.02. The van der Waals surface area contributed by atoms with Gasteiger partial charge in [-0.05, 0) is 30.9 Å². The van der Waals surface area contributed by atoms with Gasteiger partial charge in [0.05, 0.1) is 19.8 Å². The number of rotatable bonds is 12. The Hall–Kier alpha value is 0.170. The number of hydrogen-bond acceptors (Lipinski definition) is 3. The molecule has 0 saturated heterocycles. The van der Waals surface area contributed by atoms with Gasteiger partial charge in [0.2, 0.25) is 0 Å². The third kappa shape index (κ3) is 9.83.